The second kappa shape index (κ2) is 9.94. The number of nitriles is 1. The maximum absolute atomic E-state index is 13.0. The number of carbonyl (C=O) groups is 1. The minimum atomic E-state index is -4.51. The Balaban J connectivity index is 2.24. The molecule has 0 aliphatic heterocycles. The van der Waals surface area contributed by atoms with Crippen molar-refractivity contribution in [2.24, 2.45) is 0 Å². The first kappa shape index (κ1) is 22.2. The van der Waals surface area contributed by atoms with E-state index in [-0.39, 0.29) is 17.2 Å². The number of likely N-dealkylation sites (N-methyl/N-ethyl adjacent to an activating group) is 1. The number of halogens is 3. The highest BCUT2D eigenvalue weighted by atomic mass is 19.4. The van der Waals surface area contributed by atoms with Crippen molar-refractivity contribution in [2.45, 2.75) is 26.1 Å². The Morgan fingerprint density at radius 2 is 1.83 bits per heavy atom. The summed E-state index contributed by atoms with van der Waals surface area (Å²) in [5.74, 6) is -0.487. The summed E-state index contributed by atoms with van der Waals surface area (Å²) in [6.45, 7) is 3.71. The molecule has 2 rings (SSSR count). The third kappa shape index (κ3) is 6.22. The van der Waals surface area contributed by atoms with E-state index in [0.29, 0.717) is 18.8 Å². The van der Waals surface area contributed by atoms with Crippen LogP contribution >= 0.6 is 0 Å². The smallest absolute Gasteiger partial charge is 0.422 e. The molecule has 0 radical (unpaired) electrons. The van der Waals surface area contributed by atoms with Crippen LogP contribution in [0, 0.1) is 11.3 Å². The van der Waals surface area contributed by atoms with Crippen LogP contribution in [0.15, 0.2) is 48.5 Å². The largest absolute Gasteiger partial charge is 0.483 e. The molecule has 2 aromatic rings. The van der Waals surface area contributed by atoms with E-state index in [1.54, 1.807) is 6.07 Å². The van der Waals surface area contributed by atoms with Crippen LogP contribution in [0.5, 0.6) is 5.75 Å². The number of hydrogen-bond donors (Lipinski definition) is 1. The van der Waals surface area contributed by atoms with E-state index in [2.05, 4.69) is 10.1 Å². The highest BCUT2D eigenvalue weighted by molar-refractivity contribution is 5.95. The monoisotopic (exact) mass is 405 g/mol. The van der Waals surface area contributed by atoms with Gasteiger partial charge in [-0.05, 0) is 36.9 Å². The topological polar surface area (TPSA) is 65.4 Å². The number of nitrogens with one attached hydrogen (secondary N) is 1. The van der Waals surface area contributed by atoms with Gasteiger partial charge in [-0.15, -0.1) is 0 Å². The predicted octanol–water partition coefficient (Wildman–Crippen LogP) is 4.52. The van der Waals surface area contributed by atoms with Gasteiger partial charge in [0.1, 0.15) is 17.9 Å². The van der Waals surface area contributed by atoms with Gasteiger partial charge >= 0.3 is 6.18 Å². The molecule has 1 atom stereocenters. The number of anilines is 1. The van der Waals surface area contributed by atoms with E-state index in [0.717, 1.165) is 5.56 Å². The van der Waals surface area contributed by atoms with Gasteiger partial charge in [0, 0.05) is 5.69 Å². The van der Waals surface area contributed by atoms with Crippen molar-refractivity contribution in [1.29, 1.82) is 5.26 Å². The van der Waals surface area contributed by atoms with Gasteiger partial charge < -0.3 is 10.1 Å². The van der Waals surface area contributed by atoms with Gasteiger partial charge in [-0.1, -0.05) is 44.2 Å². The lowest BCUT2D eigenvalue weighted by Gasteiger charge is -2.29. The molecule has 5 nitrogen and oxygen atoms in total. The van der Waals surface area contributed by atoms with Gasteiger partial charge in [0.15, 0.2) is 6.61 Å². The third-order valence-electron chi connectivity index (χ3n) is 4.30. The first-order chi connectivity index (χ1) is 13.8. The number of alkyl halides is 3. The van der Waals surface area contributed by atoms with E-state index >= 15 is 0 Å². The molecule has 1 N–H and O–H groups in total. The van der Waals surface area contributed by atoms with Gasteiger partial charge in [-0.3, -0.25) is 9.69 Å². The van der Waals surface area contributed by atoms with Crippen LogP contribution in [0.4, 0.5) is 18.9 Å². The predicted molar refractivity (Wildman–Crippen MR) is 103 cm³/mol. The zero-order chi connectivity index (χ0) is 21.4. The molecule has 0 heterocycles. The van der Waals surface area contributed by atoms with E-state index in [1.807, 2.05) is 49.1 Å². The van der Waals surface area contributed by atoms with Gasteiger partial charge in [-0.25, -0.2) is 0 Å². The zero-order valence-electron chi connectivity index (χ0n) is 16.2. The molecule has 1 unspecified atom stereocenters. The number of benzene rings is 2. The normalized spacial score (nSPS) is 12.3. The SMILES string of the molecule is CCN(CC)C(C(=O)Nc1ccc(OCC(F)(F)F)c(C#N)c1)c1ccccc1. The fraction of sp³-hybridized carbons (Fsp3) is 0.333. The summed E-state index contributed by atoms with van der Waals surface area (Å²) >= 11 is 0. The highest BCUT2D eigenvalue weighted by Gasteiger charge is 2.29. The molecule has 0 aliphatic carbocycles. The molecule has 0 saturated heterocycles. The van der Waals surface area contributed by atoms with Crippen LogP contribution in [0.25, 0.3) is 0 Å². The summed E-state index contributed by atoms with van der Waals surface area (Å²) in [5, 5.41) is 12.0. The van der Waals surface area contributed by atoms with Crippen molar-refractivity contribution < 1.29 is 22.7 Å². The second-order valence-corrected chi connectivity index (χ2v) is 6.25. The van der Waals surface area contributed by atoms with Crippen molar-refractivity contribution in [1.82, 2.24) is 4.90 Å². The molecule has 8 heteroatoms. The van der Waals surface area contributed by atoms with Gasteiger partial charge in [-0.2, -0.15) is 18.4 Å². The Hall–Kier alpha value is -3.05. The molecule has 0 spiro atoms. The van der Waals surface area contributed by atoms with Crippen LogP contribution in [0.3, 0.4) is 0 Å². The van der Waals surface area contributed by atoms with Crippen molar-refractivity contribution in [2.75, 3.05) is 25.0 Å². The first-order valence-electron chi connectivity index (χ1n) is 9.12. The molecule has 0 aliphatic rings. The minimum absolute atomic E-state index is 0.0915. The summed E-state index contributed by atoms with van der Waals surface area (Å²) in [7, 11) is 0. The molecular weight excluding hydrogens is 383 g/mol. The lowest BCUT2D eigenvalue weighted by molar-refractivity contribution is -0.153. The van der Waals surface area contributed by atoms with Crippen LogP contribution in [0.1, 0.15) is 31.0 Å². The van der Waals surface area contributed by atoms with E-state index in [1.165, 1.54) is 18.2 Å². The number of hydrogen-bond acceptors (Lipinski definition) is 4. The average Bonchev–Trinajstić information content (AvgIpc) is 2.70. The van der Waals surface area contributed by atoms with Crippen LogP contribution < -0.4 is 10.1 Å². The third-order valence-corrected chi connectivity index (χ3v) is 4.30. The maximum atomic E-state index is 13.0. The van der Waals surface area contributed by atoms with Crippen LogP contribution in [0.2, 0.25) is 0 Å². The summed E-state index contributed by atoms with van der Waals surface area (Å²) < 4.78 is 41.7. The van der Waals surface area contributed by atoms with E-state index in [4.69, 9.17) is 0 Å². The summed E-state index contributed by atoms with van der Waals surface area (Å²) in [5.41, 5.74) is 1.03. The molecule has 29 heavy (non-hydrogen) atoms. The summed E-state index contributed by atoms with van der Waals surface area (Å²) in [4.78, 5) is 15.0. The van der Waals surface area contributed by atoms with Gasteiger partial charge in [0.2, 0.25) is 5.91 Å². The lowest BCUT2D eigenvalue weighted by atomic mass is 10.0. The van der Waals surface area contributed by atoms with Crippen LogP contribution in [-0.2, 0) is 4.79 Å². The zero-order valence-corrected chi connectivity index (χ0v) is 16.2. The quantitative estimate of drug-likeness (QED) is 0.701. The Kier molecular flexibility index (Phi) is 7.62. The minimum Gasteiger partial charge on any atom is -0.483 e. The Labute approximate surface area is 167 Å². The number of carbonyl (C=O) groups excluding carboxylic acids is 1. The number of amides is 1. The summed E-state index contributed by atoms with van der Waals surface area (Å²) in [6.07, 6.45) is -4.51. The highest BCUT2D eigenvalue weighted by Crippen LogP contribution is 2.27. The van der Waals surface area contributed by atoms with Crippen LogP contribution in [-0.4, -0.2) is 36.7 Å². The molecule has 1 amide bonds. The van der Waals surface area contributed by atoms with Crippen molar-refractivity contribution in [3.05, 3.63) is 59.7 Å². The molecule has 0 bridgehead atoms. The summed E-state index contributed by atoms with van der Waals surface area (Å²) in [6, 6.07) is 14.5. The van der Waals surface area contributed by atoms with Gasteiger partial charge in [0.05, 0.1) is 5.56 Å². The molecular formula is C21H22F3N3O2. The average molecular weight is 405 g/mol. The second-order valence-electron chi connectivity index (χ2n) is 6.25. The maximum Gasteiger partial charge on any atom is 0.422 e. The van der Waals surface area contributed by atoms with E-state index < -0.39 is 18.8 Å². The van der Waals surface area contributed by atoms with Crippen molar-refractivity contribution >= 4 is 11.6 Å². The van der Waals surface area contributed by atoms with Crippen molar-refractivity contribution in [3.8, 4) is 11.8 Å². The van der Waals surface area contributed by atoms with E-state index in [9.17, 15) is 23.2 Å². The molecule has 2 aromatic carbocycles. The van der Waals surface area contributed by atoms with Crippen molar-refractivity contribution in [3.63, 3.8) is 0 Å². The number of ether oxygens (including phenoxy) is 1. The number of rotatable bonds is 8. The lowest BCUT2D eigenvalue weighted by Crippen LogP contribution is -2.37. The number of nitrogens with zero attached hydrogens (tertiary/aromatic N) is 2. The Bertz CT molecular complexity index is 860. The fourth-order valence-corrected chi connectivity index (χ4v) is 2.94. The fourth-order valence-electron chi connectivity index (χ4n) is 2.94. The molecule has 0 fully saturated rings. The standard InChI is InChI=1S/C21H22F3N3O2/c1-3-27(4-2)19(15-8-6-5-7-9-15)20(28)26-17-10-11-18(16(12-17)13-25)29-14-21(22,23)24/h5-12,19H,3-4,14H2,1-2H3,(H,26,28). The Morgan fingerprint density at radius 1 is 1.17 bits per heavy atom. The Morgan fingerprint density at radius 3 is 2.38 bits per heavy atom. The first-order valence-corrected chi connectivity index (χ1v) is 9.12. The van der Waals surface area contributed by atoms with Gasteiger partial charge in [0.25, 0.3) is 0 Å². The molecule has 0 aromatic heterocycles. The molecule has 0 saturated carbocycles. The molecule has 154 valence electrons.